The van der Waals surface area contributed by atoms with Gasteiger partial charge in [0.15, 0.2) is 9.84 Å². The summed E-state index contributed by atoms with van der Waals surface area (Å²) in [5, 5.41) is 2.90. The van der Waals surface area contributed by atoms with Gasteiger partial charge in [-0.15, -0.1) is 0 Å². The van der Waals surface area contributed by atoms with E-state index in [9.17, 15) is 13.2 Å². The van der Waals surface area contributed by atoms with Crippen molar-refractivity contribution in [1.29, 1.82) is 0 Å². The molecule has 2 atom stereocenters. The average molecular weight is 391 g/mol. The topological polar surface area (TPSA) is 66.5 Å². The van der Waals surface area contributed by atoms with E-state index in [0.29, 0.717) is 4.90 Å². The number of hydrogen-bond donors (Lipinski definition) is 1. The minimum atomic E-state index is -3.42. The first-order valence-corrected chi connectivity index (χ1v) is 11.4. The van der Waals surface area contributed by atoms with Crippen LogP contribution >= 0.6 is 0 Å². The molecule has 1 aliphatic heterocycles. The molecule has 1 aromatic carbocycles. The highest BCUT2D eigenvalue weighted by atomic mass is 32.2. The molecule has 2 aliphatic rings. The fraction of sp³-hybridized carbons (Fsp3) is 0.571. The summed E-state index contributed by atoms with van der Waals surface area (Å²) < 4.78 is 25.2. The van der Waals surface area contributed by atoms with Crippen molar-refractivity contribution in [2.24, 2.45) is 5.41 Å². The van der Waals surface area contributed by atoms with Crippen molar-refractivity contribution >= 4 is 15.9 Å². The monoisotopic (exact) mass is 390 g/mol. The molecule has 1 aromatic rings. The van der Waals surface area contributed by atoms with Crippen LogP contribution in [0.1, 0.15) is 44.6 Å². The van der Waals surface area contributed by atoms with Gasteiger partial charge in [-0.2, -0.15) is 0 Å². The van der Waals surface area contributed by atoms with E-state index in [-0.39, 0.29) is 17.2 Å². The van der Waals surface area contributed by atoms with E-state index < -0.39 is 15.9 Å². The van der Waals surface area contributed by atoms with Crippen LogP contribution < -0.4 is 5.32 Å². The van der Waals surface area contributed by atoms with Crippen LogP contribution in [0.15, 0.2) is 41.3 Å². The largest absolute Gasteiger partial charge is 0.335 e. The molecule has 27 heavy (non-hydrogen) atoms. The van der Waals surface area contributed by atoms with Gasteiger partial charge < -0.3 is 10.2 Å². The number of carbonyl (C=O) groups is 1. The predicted molar refractivity (Wildman–Crippen MR) is 107 cm³/mol. The van der Waals surface area contributed by atoms with E-state index in [1.807, 2.05) is 11.8 Å². The lowest BCUT2D eigenvalue weighted by Gasteiger charge is -2.44. The summed E-state index contributed by atoms with van der Waals surface area (Å²) >= 11 is 0. The third kappa shape index (κ3) is 4.92. The van der Waals surface area contributed by atoms with Crippen molar-refractivity contribution in [3.8, 4) is 0 Å². The van der Waals surface area contributed by atoms with Gasteiger partial charge in [0, 0.05) is 19.1 Å². The molecule has 2 amide bonds. The number of nitrogens with one attached hydrogen (secondary N) is 1. The number of benzene rings is 1. The molecule has 0 bridgehead atoms. The smallest absolute Gasteiger partial charge is 0.317 e. The Kier molecular flexibility index (Phi) is 5.94. The zero-order chi connectivity index (χ0) is 19.5. The van der Waals surface area contributed by atoms with E-state index in [4.69, 9.17) is 0 Å². The Bertz CT molecular complexity index is 801. The van der Waals surface area contributed by atoms with Crippen molar-refractivity contribution in [1.82, 2.24) is 10.2 Å². The lowest BCUT2D eigenvalue weighted by molar-refractivity contribution is 0.0952. The third-order valence-corrected chi connectivity index (χ3v) is 7.66. The molecule has 3 rings (SSSR count). The van der Waals surface area contributed by atoms with E-state index in [0.717, 1.165) is 44.3 Å². The van der Waals surface area contributed by atoms with Crippen molar-refractivity contribution in [2.45, 2.75) is 56.9 Å². The Morgan fingerprint density at radius 1 is 1.22 bits per heavy atom. The minimum absolute atomic E-state index is 0.0937. The van der Waals surface area contributed by atoms with Crippen LogP contribution in [-0.2, 0) is 9.84 Å². The van der Waals surface area contributed by atoms with Gasteiger partial charge in [-0.25, -0.2) is 13.2 Å². The fourth-order valence-electron chi connectivity index (χ4n) is 4.21. The van der Waals surface area contributed by atoms with Crippen LogP contribution in [-0.4, -0.2) is 44.2 Å². The van der Waals surface area contributed by atoms with Crippen LogP contribution in [0.2, 0.25) is 0 Å². The summed E-state index contributed by atoms with van der Waals surface area (Å²) in [5.41, 5.74) is 1.23. The minimum Gasteiger partial charge on any atom is -0.335 e. The van der Waals surface area contributed by atoms with Crippen LogP contribution in [0.3, 0.4) is 0 Å². The molecule has 0 radical (unpaired) electrons. The standard InChI is InChI=1S/C21H30N2O3S/c1-17-7-9-19(10-8-17)27(25,26)15-18(2)22-20(24)23-14-6-13-21(16-23)11-4-3-5-12-21/h3-4,7-10,18H,5-6,11-16H2,1-2H3,(H,22,24). The number of piperidine rings is 1. The number of carbonyl (C=O) groups excluding carboxylic acids is 1. The second-order valence-corrected chi connectivity index (χ2v) is 10.2. The van der Waals surface area contributed by atoms with E-state index >= 15 is 0 Å². The van der Waals surface area contributed by atoms with Gasteiger partial charge in [0.05, 0.1) is 10.6 Å². The van der Waals surface area contributed by atoms with Gasteiger partial charge in [-0.3, -0.25) is 0 Å². The molecular formula is C21H30N2O3S. The molecule has 1 aliphatic carbocycles. The Hall–Kier alpha value is -1.82. The zero-order valence-electron chi connectivity index (χ0n) is 16.3. The van der Waals surface area contributed by atoms with Gasteiger partial charge in [-0.05, 0) is 63.5 Å². The molecule has 148 valence electrons. The number of likely N-dealkylation sites (tertiary alicyclic amines) is 1. The highest BCUT2D eigenvalue weighted by molar-refractivity contribution is 7.91. The first-order valence-electron chi connectivity index (χ1n) is 9.80. The SMILES string of the molecule is Cc1ccc(S(=O)(=O)CC(C)NC(=O)N2CCCC3(CC=CCC3)C2)cc1. The summed E-state index contributed by atoms with van der Waals surface area (Å²) in [6.07, 6.45) is 9.89. The maximum absolute atomic E-state index is 12.7. The maximum atomic E-state index is 12.7. The lowest BCUT2D eigenvalue weighted by atomic mass is 9.71. The summed E-state index contributed by atoms with van der Waals surface area (Å²) in [6.45, 7) is 5.19. The van der Waals surface area contributed by atoms with Crippen molar-refractivity contribution in [3.05, 3.63) is 42.0 Å². The molecule has 1 fully saturated rings. The molecule has 1 heterocycles. The van der Waals surface area contributed by atoms with E-state index in [1.54, 1.807) is 31.2 Å². The predicted octanol–water partition coefficient (Wildman–Crippen LogP) is 3.69. The molecule has 1 spiro atoms. The third-order valence-electron chi connectivity index (χ3n) is 5.73. The highest BCUT2D eigenvalue weighted by Gasteiger charge is 2.37. The summed E-state index contributed by atoms with van der Waals surface area (Å²) in [7, 11) is -3.42. The number of rotatable bonds is 4. The van der Waals surface area contributed by atoms with Gasteiger partial charge in [0.1, 0.15) is 0 Å². The number of sulfone groups is 1. The van der Waals surface area contributed by atoms with Gasteiger partial charge in [-0.1, -0.05) is 29.8 Å². The first-order chi connectivity index (χ1) is 12.8. The van der Waals surface area contributed by atoms with Crippen LogP contribution in [0.4, 0.5) is 4.79 Å². The quantitative estimate of drug-likeness (QED) is 0.798. The number of aryl methyl sites for hydroxylation is 1. The number of amides is 2. The van der Waals surface area contributed by atoms with Crippen molar-refractivity contribution in [2.75, 3.05) is 18.8 Å². The number of urea groups is 1. The average Bonchev–Trinajstić information content (AvgIpc) is 2.62. The normalized spacial score (nSPS) is 24.0. The van der Waals surface area contributed by atoms with Crippen molar-refractivity contribution in [3.63, 3.8) is 0 Å². The van der Waals surface area contributed by atoms with Gasteiger partial charge >= 0.3 is 6.03 Å². The van der Waals surface area contributed by atoms with Crippen LogP contribution in [0.5, 0.6) is 0 Å². The van der Waals surface area contributed by atoms with Gasteiger partial charge in [0.2, 0.25) is 0 Å². The Morgan fingerprint density at radius 3 is 2.63 bits per heavy atom. The molecule has 2 unspecified atom stereocenters. The summed E-state index contributed by atoms with van der Waals surface area (Å²) in [5.74, 6) is -0.0937. The number of allylic oxidation sites excluding steroid dienone is 2. The second-order valence-electron chi connectivity index (χ2n) is 8.18. The molecule has 1 saturated heterocycles. The Labute approximate surface area is 162 Å². The fourth-order valence-corrected chi connectivity index (χ4v) is 5.69. The van der Waals surface area contributed by atoms with E-state index in [1.165, 1.54) is 6.42 Å². The zero-order valence-corrected chi connectivity index (χ0v) is 17.1. The molecule has 1 N–H and O–H groups in total. The molecule has 6 heteroatoms. The Morgan fingerprint density at radius 2 is 1.96 bits per heavy atom. The molecule has 0 saturated carbocycles. The lowest BCUT2D eigenvalue weighted by Crippen LogP contribution is -2.52. The number of nitrogens with zero attached hydrogens (tertiary/aromatic N) is 1. The maximum Gasteiger partial charge on any atom is 0.317 e. The van der Waals surface area contributed by atoms with Crippen LogP contribution in [0.25, 0.3) is 0 Å². The van der Waals surface area contributed by atoms with Crippen molar-refractivity contribution < 1.29 is 13.2 Å². The van der Waals surface area contributed by atoms with E-state index in [2.05, 4.69) is 17.5 Å². The summed E-state index contributed by atoms with van der Waals surface area (Å²) in [6, 6.07) is 6.27. The number of hydrogen-bond acceptors (Lipinski definition) is 3. The Balaban J connectivity index is 1.58. The highest BCUT2D eigenvalue weighted by Crippen LogP contribution is 2.40. The summed E-state index contributed by atoms with van der Waals surface area (Å²) in [4.78, 5) is 14.9. The first kappa shape index (κ1) is 19.9. The second kappa shape index (κ2) is 8.05. The molecular weight excluding hydrogens is 360 g/mol. The van der Waals surface area contributed by atoms with Crippen LogP contribution in [0, 0.1) is 12.3 Å². The molecule has 0 aromatic heterocycles. The molecule has 5 nitrogen and oxygen atoms in total. The van der Waals surface area contributed by atoms with Gasteiger partial charge in [0.25, 0.3) is 0 Å².